The monoisotopic (exact) mass is 425 g/mol. The molecule has 3 rings (SSSR count). The summed E-state index contributed by atoms with van der Waals surface area (Å²) in [4.78, 5) is 31.0. The van der Waals surface area contributed by atoms with Crippen molar-refractivity contribution in [2.45, 2.75) is 98.3 Å². The van der Waals surface area contributed by atoms with E-state index in [4.69, 9.17) is 24.9 Å². The van der Waals surface area contributed by atoms with Gasteiger partial charge in [-0.2, -0.15) is 9.97 Å². The minimum absolute atomic E-state index is 0.106. The molecule has 1 fully saturated rings. The Morgan fingerprint density at radius 2 is 1.16 bits per heavy atom. The second-order valence-corrected chi connectivity index (χ2v) is 10.1. The molecule has 0 spiro atoms. The molecule has 31 heavy (non-hydrogen) atoms. The number of hydrogen-bond donors (Lipinski definition) is 0. The Kier molecular flexibility index (Phi) is 7.55. The van der Waals surface area contributed by atoms with Crippen LogP contribution in [0.5, 0.6) is 0 Å². The molecule has 0 bridgehead atoms. The third-order valence-electron chi connectivity index (χ3n) is 5.92. The number of aromatic nitrogens is 6. The predicted octanol–water partition coefficient (Wildman–Crippen LogP) is 5.01. The van der Waals surface area contributed by atoms with Gasteiger partial charge in [-0.25, -0.2) is 19.9 Å². The van der Waals surface area contributed by atoms with Crippen molar-refractivity contribution in [3.63, 3.8) is 0 Å². The van der Waals surface area contributed by atoms with E-state index in [-0.39, 0.29) is 23.7 Å². The largest absolute Gasteiger partial charge is 0.341 e. The molecule has 2 aromatic heterocycles. The fraction of sp³-hybridized carbons (Fsp3) is 0.750. The Labute approximate surface area is 187 Å². The van der Waals surface area contributed by atoms with E-state index < -0.39 is 0 Å². The number of rotatable bonds is 7. The molecule has 0 N–H and O–H groups in total. The van der Waals surface area contributed by atoms with Gasteiger partial charge in [0.15, 0.2) is 0 Å². The van der Waals surface area contributed by atoms with E-state index in [1.165, 1.54) is 12.8 Å². The molecule has 0 amide bonds. The topological polar surface area (TPSA) is 80.6 Å². The van der Waals surface area contributed by atoms with E-state index in [1.807, 2.05) is 0 Å². The molecule has 7 nitrogen and oxygen atoms in total. The first kappa shape index (κ1) is 23.5. The fourth-order valence-corrected chi connectivity index (χ4v) is 3.65. The highest BCUT2D eigenvalue weighted by Crippen LogP contribution is 2.24. The second-order valence-electron chi connectivity index (χ2n) is 10.1. The fourth-order valence-electron chi connectivity index (χ4n) is 3.65. The smallest absolute Gasteiger partial charge is 0.228 e. The molecular formula is C24H39N7. The van der Waals surface area contributed by atoms with Crippen molar-refractivity contribution in [2.24, 2.45) is 5.92 Å². The van der Waals surface area contributed by atoms with Crippen LogP contribution in [-0.2, 0) is 6.42 Å². The van der Waals surface area contributed by atoms with Crippen LogP contribution >= 0.6 is 0 Å². The third-order valence-corrected chi connectivity index (χ3v) is 5.92. The van der Waals surface area contributed by atoms with E-state index in [1.54, 1.807) is 0 Å². The summed E-state index contributed by atoms with van der Waals surface area (Å²) in [7, 11) is 0. The lowest BCUT2D eigenvalue weighted by Crippen LogP contribution is -2.34. The quantitative estimate of drug-likeness (QED) is 0.617. The van der Waals surface area contributed by atoms with Gasteiger partial charge in [-0.05, 0) is 18.8 Å². The molecule has 170 valence electrons. The van der Waals surface area contributed by atoms with Crippen molar-refractivity contribution < 1.29 is 0 Å². The zero-order valence-electron chi connectivity index (χ0n) is 20.6. The summed E-state index contributed by atoms with van der Waals surface area (Å²) >= 11 is 0. The van der Waals surface area contributed by atoms with Crippen LogP contribution in [-0.4, -0.2) is 43.0 Å². The van der Waals surface area contributed by atoms with Crippen molar-refractivity contribution >= 4 is 5.95 Å². The normalized spacial score (nSPS) is 16.5. The highest BCUT2D eigenvalue weighted by Gasteiger charge is 2.22. The van der Waals surface area contributed by atoms with Crippen LogP contribution in [0.15, 0.2) is 0 Å². The van der Waals surface area contributed by atoms with E-state index in [9.17, 15) is 0 Å². The standard InChI is InChI=1S/C24H39N7/c1-14(2)20-25-19(26-24(30-20)31-11-9-17(7)10-12-31)13-18(8)23-28-21(15(3)4)27-22(29-23)16(5)6/h14-18H,9-13H2,1-8H3. The Morgan fingerprint density at radius 3 is 1.68 bits per heavy atom. The summed E-state index contributed by atoms with van der Waals surface area (Å²) in [6, 6.07) is 0. The van der Waals surface area contributed by atoms with Gasteiger partial charge in [-0.3, -0.25) is 0 Å². The van der Waals surface area contributed by atoms with Crippen LogP contribution in [0.2, 0.25) is 0 Å². The number of piperidine rings is 1. The summed E-state index contributed by atoms with van der Waals surface area (Å²) in [5.74, 6) is 6.77. The van der Waals surface area contributed by atoms with Gasteiger partial charge in [0.25, 0.3) is 0 Å². The Bertz CT molecular complexity index is 844. The van der Waals surface area contributed by atoms with Gasteiger partial charge in [0.1, 0.15) is 29.1 Å². The molecule has 0 aromatic carbocycles. The van der Waals surface area contributed by atoms with Crippen LogP contribution in [0.4, 0.5) is 5.95 Å². The average Bonchev–Trinajstić information content (AvgIpc) is 2.73. The minimum Gasteiger partial charge on any atom is -0.341 e. The first-order valence-electron chi connectivity index (χ1n) is 11.9. The lowest BCUT2D eigenvalue weighted by Gasteiger charge is -2.30. The molecule has 0 saturated carbocycles. The van der Waals surface area contributed by atoms with Crippen LogP contribution < -0.4 is 4.90 Å². The van der Waals surface area contributed by atoms with Gasteiger partial charge < -0.3 is 4.90 Å². The summed E-state index contributed by atoms with van der Waals surface area (Å²) in [5, 5.41) is 0. The Hall–Kier alpha value is -2.18. The molecule has 0 radical (unpaired) electrons. The van der Waals surface area contributed by atoms with Gasteiger partial charge in [0.2, 0.25) is 5.95 Å². The first-order valence-corrected chi connectivity index (χ1v) is 11.9. The maximum absolute atomic E-state index is 4.88. The van der Waals surface area contributed by atoms with E-state index in [0.717, 1.165) is 54.1 Å². The van der Waals surface area contributed by atoms with E-state index in [2.05, 4.69) is 65.3 Å². The maximum atomic E-state index is 4.88. The molecule has 3 heterocycles. The zero-order chi connectivity index (χ0) is 22.7. The number of hydrogen-bond acceptors (Lipinski definition) is 7. The maximum Gasteiger partial charge on any atom is 0.228 e. The van der Waals surface area contributed by atoms with Crippen molar-refractivity contribution in [2.75, 3.05) is 18.0 Å². The Morgan fingerprint density at radius 1 is 0.677 bits per heavy atom. The molecule has 2 aromatic rings. The van der Waals surface area contributed by atoms with Crippen molar-refractivity contribution in [1.29, 1.82) is 0 Å². The molecule has 1 atom stereocenters. The third kappa shape index (κ3) is 5.95. The molecule has 1 aliphatic heterocycles. The highest BCUT2D eigenvalue weighted by molar-refractivity contribution is 5.31. The zero-order valence-corrected chi connectivity index (χ0v) is 20.6. The SMILES string of the molecule is CC1CCN(c2nc(CC(C)c3nc(C(C)C)nc(C(C)C)n3)nc(C(C)C)n2)CC1. The average molecular weight is 426 g/mol. The van der Waals surface area contributed by atoms with Crippen LogP contribution in [0, 0.1) is 5.92 Å². The van der Waals surface area contributed by atoms with Crippen LogP contribution in [0.25, 0.3) is 0 Å². The molecular weight excluding hydrogens is 386 g/mol. The van der Waals surface area contributed by atoms with Gasteiger partial charge in [-0.15, -0.1) is 0 Å². The second kappa shape index (κ2) is 9.96. The molecule has 0 aliphatic carbocycles. The summed E-state index contributed by atoms with van der Waals surface area (Å²) in [6.07, 6.45) is 3.07. The van der Waals surface area contributed by atoms with Crippen molar-refractivity contribution in [3.05, 3.63) is 29.1 Å². The first-order chi connectivity index (χ1) is 14.6. The van der Waals surface area contributed by atoms with Crippen molar-refractivity contribution in [1.82, 2.24) is 29.9 Å². The minimum atomic E-state index is 0.106. The van der Waals surface area contributed by atoms with Crippen LogP contribution in [0.1, 0.15) is 121 Å². The molecule has 7 heteroatoms. The summed E-state index contributed by atoms with van der Waals surface area (Å²) in [5.41, 5.74) is 0. The molecule has 1 unspecified atom stereocenters. The van der Waals surface area contributed by atoms with Gasteiger partial charge in [0.05, 0.1) is 0 Å². The summed E-state index contributed by atoms with van der Waals surface area (Å²) in [6.45, 7) is 19.3. The Balaban J connectivity index is 1.89. The van der Waals surface area contributed by atoms with E-state index in [0.29, 0.717) is 6.42 Å². The summed E-state index contributed by atoms with van der Waals surface area (Å²) < 4.78 is 0. The number of nitrogens with zero attached hydrogens (tertiary/aromatic N) is 7. The molecule has 1 aliphatic rings. The lowest BCUT2D eigenvalue weighted by atomic mass is 10.00. The van der Waals surface area contributed by atoms with Crippen molar-refractivity contribution in [3.8, 4) is 0 Å². The lowest BCUT2D eigenvalue weighted by molar-refractivity contribution is 0.433. The predicted molar refractivity (Wildman–Crippen MR) is 125 cm³/mol. The highest BCUT2D eigenvalue weighted by atomic mass is 15.3. The number of anilines is 1. The van der Waals surface area contributed by atoms with Crippen LogP contribution in [0.3, 0.4) is 0 Å². The van der Waals surface area contributed by atoms with E-state index >= 15 is 0 Å². The van der Waals surface area contributed by atoms with Gasteiger partial charge in [0, 0.05) is 43.2 Å². The molecule has 1 saturated heterocycles. The van der Waals surface area contributed by atoms with Gasteiger partial charge in [-0.1, -0.05) is 55.4 Å². The van der Waals surface area contributed by atoms with Gasteiger partial charge >= 0.3 is 0 Å².